The fourth-order valence-corrected chi connectivity index (χ4v) is 5.61. The Kier molecular flexibility index (Phi) is 8.00. The maximum Gasteiger partial charge on any atom is 0.227 e. The number of anilines is 3. The summed E-state index contributed by atoms with van der Waals surface area (Å²) in [7, 11) is 6.31. The van der Waals surface area contributed by atoms with E-state index in [2.05, 4.69) is 63.3 Å². The van der Waals surface area contributed by atoms with Crippen molar-refractivity contribution in [3.8, 4) is 17.0 Å². The van der Waals surface area contributed by atoms with Crippen LogP contribution in [0.1, 0.15) is 43.7 Å². The van der Waals surface area contributed by atoms with Gasteiger partial charge in [-0.15, -0.1) is 0 Å². The number of hydrogen-bond acceptors (Lipinski definition) is 7. The molecular weight excluding hydrogens is 498 g/mol. The lowest BCUT2D eigenvalue weighted by atomic mass is 9.86. The van der Waals surface area contributed by atoms with E-state index in [4.69, 9.17) is 4.74 Å². The Labute approximate surface area is 229 Å². The highest BCUT2D eigenvalue weighted by molar-refractivity contribution is 5.73. The van der Waals surface area contributed by atoms with Crippen LogP contribution in [-0.2, 0) is 6.54 Å². The second-order valence-corrected chi connectivity index (χ2v) is 11.2. The lowest BCUT2D eigenvalue weighted by molar-refractivity contribution is 0.254. The molecule has 0 unspecified atom stereocenters. The summed E-state index contributed by atoms with van der Waals surface area (Å²) in [5, 5.41) is 3.25. The zero-order valence-electron chi connectivity index (χ0n) is 23.5. The topological polar surface area (TPSA) is 56.8 Å². The quantitative estimate of drug-likeness (QED) is 0.419. The number of nitrogens with zero attached hydrogens (tertiary/aromatic N) is 5. The summed E-state index contributed by atoms with van der Waals surface area (Å²) in [6.45, 7) is 8.13. The van der Waals surface area contributed by atoms with Crippen LogP contribution in [-0.4, -0.2) is 73.2 Å². The van der Waals surface area contributed by atoms with Gasteiger partial charge in [-0.05, 0) is 102 Å². The molecule has 1 fully saturated rings. The van der Waals surface area contributed by atoms with Gasteiger partial charge in [0.2, 0.25) is 5.95 Å². The molecule has 0 bridgehead atoms. The van der Waals surface area contributed by atoms with Gasteiger partial charge in [-0.25, -0.2) is 18.7 Å². The largest absolute Gasteiger partial charge is 0.486 e. The van der Waals surface area contributed by atoms with Crippen molar-refractivity contribution >= 4 is 17.3 Å². The minimum absolute atomic E-state index is 0.0416. The van der Waals surface area contributed by atoms with Gasteiger partial charge in [0.1, 0.15) is 12.3 Å². The number of aromatic nitrogens is 2. The predicted octanol–water partition coefficient (Wildman–Crippen LogP) is 5.64. The first kappa shape index (κ1) is 27.3. The molecule has 5 rings (SSSR count). The van der Waals surface area contributed by atoms with Gasteiger partial charge in [0.05, 0.1) is 18.4 Å². The Hall–Kier alpha value is -3.30. The first-order valence-corrected chi connectivity index (χ1v) is 13.7. The third-order valence-electron chi connectivity index (χ3n) is 7.60. The molecular formula is C30H38F2N6O. The normalized spacial score (nSPS) is 16.5. The van der Waals surface area contributed by atoms with Crippen LogP contribution in [0.4, 0.5) is 26.1 Å². The van der Waals surface area contributed by atoms with Crippen molar-refractivity contribution in [1.29, 1.82) is 0 Å². The Morgan fingerprint density at radius 1 is 1.08 bits per heavy atom. The maximum atomic E-state index is 15.1. The van der Waals surface area contributed by atoms with E-state index < -0.39 is 11.6 Å². The van der Waals surface area contributed by atoms with E-state index >= 15 is 4.39 Å². The van der Waals surface area contributed by atoms with Gasteiger partial charge >= 0.3 is 0 Å². The Balaban J connectivity index is 1.45. The summed E-state index contributed by atoms with van der Waals surface area (Å²) in [6.07, 6.45) is 3.42. The van der Waals surface area contributed by atoms with Crippen LogP contribution in [0.2, 0.25) is 0 Å². The van der Waals surface area contributed by atoms with Crippen LogP contribution in [0.3, 0.4) is 0 Å². The third-order valence-corrected chi connectivity index (χ3v) is 7.60. The summed E-state index contributed by atoms with van der Waals surface area (Å²) in [4.78, 5) is 15.3. The van der Waals surface area contributed by atoms with E-state index in [0.29, 0.717) is 30.3 Å². The first-order valence-electron chi connectivity index (χ1n) is 13.7. The standard InChI is InChI=1S/C30H38F2N6O/c1-19(2)38-12-13-39-29-25(31)15-21(16-27(29)38)28-26(32)17-33-30(35-28)34-23-6-7-24(22(14-23)18-36(3)4)20-8-10-37(5)11-9-20/h6-7,14-17,19-20H,8-13,18H2,1-5H3,(H,33,34,35). The molecule has 9 heteroatoms. The molecule has 2 aromatic carbocycles. The Morgan fingerprint density at radius 3 is 2.56 bits per heavy atom. The van der Waals surface area contributed by atoms with Crippen molar-refractivity contribution in [3.63, 3.8) is 0 Å². The minimum Gasteiger partial charge on any atom is -0.486 e. The van der Waals surface area contributed by atoms with Crippen molar-refractivity contribution in [2.75, 3.05) is 57.6 Å². The van der Waals surface area contributed by atoms with Crippen LogP contribution in [0.15, 0.2) is 36.5 Å². The molecule has 2 aliphatic heterocycles. The van der Waals surface area contributed by atoms with Crippen LogP contribution >= 0.6 is 0 Å². The molecule has 208 valence electrons. The fourth-order valence-electron chi connectivity index (χ4n) is 5.61. The van der Waals surface area contributed by atoms with E-state index in [-0.39, 0.29) is 23.4 Å². The molecule has 0 amide bonds. The predicted molar refractivity (Wildman–Crippen MR) is 152 cm³/mol. The molecule has 0 aliphatic carbocycles. The summed E-state index contributed by atoms with van der Waals surface area (Å²) in [6, 6.07) is 9.54. The number of piperidine rings is 1. The minimum atomic E-state index is -0.612. The van der Waals surface area contributed by atoms with Crippen LogP contribution < -0.4 is 15.0 Å². The van der Waals surface area contributed by atoms with E-state index in [0.717, 1.165) is 44.4 Å². The monoisotopic (exact) mass is 536 g/mol. The molecule has 1 N–H and O–H groups in total. The molecule has 1 saturated heterocycles. The molecule has 3 aromatic rings. The second-order valence-electron chi connectivity index (χ2n) is 11.2. The van der Waals surface area contributed by atoms with Crippen LogP contribution in [0.25, 0.3) is 11.3 Å². The lowest BCUT2D eigenvalue weighted by Gasteiger charge is -2.34. The van der Waals surface area contributed by atoms with Crippen molar-refractivity contribution in [1.82, 2.24) is 19.8 Å². The first-order chi connectivity index (χ1) is 18.7. The summed E-state index contributed by atoms with van der Waals surface area (Å²) >= 11 is 0. The Bertz CT molecular complexity index is 1320. The number of hydrogen-bond donors (Lipinski definition) is 1. The van der Waals surface area contributed by atoms with Gasteiger partial charge in [-0.3, -0.25) is 0 Å². The summed E-state index contributed by atoms with van der Waals surface area (Å²) < 4.78 is 35.6. The Morgan fingerprint density at radius 2 is 1.85 bits per heavy atom. The molecule has 7 nitrogen and oxygen atoms in total. The number of nitrogens with one attached hydrogen (secondary N) is 1. The van der Waals surface area contributed by atoms with Crippen molar-refractivity contribution in [2.24, 2.45) is 0 Å². The summed E-state index contributed by atoms with van der Waals surface area (Å²) in [5.74, 6) is -0.155. The van der Waals surface area contributed by atoms with Gasteiger partial charge in [0.25, 0.3) is 0 Å². The number of rotatable bonds is 7. The van der Waals surface area contributed by atoms with E-state index in [1.165, 1.54) is 17.2 Å². The van der Waals surface area contributed by atoms with Gasteiger partial charge in [0, 0.05) is 23.8 Å². The molecule has 0 atom stereocenters. The number of fused-ring (bicyclic) bond motifs is 1. The number of ether oxygens (including phenoxy) is 1. The van der Waals surface area contributed by atoms with Gasteiger partial charge in [0.15, 0.2) is 17.4 Å². The van der Waals surface area contributed by atoms with Gasteiger partial charge in [-0.2, -0.15) is 0 Å². The highest BCUT2D eigenvalue weighted by Crippen LogP contribution is 2.39. The van der Waals surface area contributed by atoms with Gasteiger partial charge in [-0.1, -0.05) is 6.07 Å². The van der Waals surface area contributed by atoms with Gasteiger partial charge < -0.3 is 24.8 Å². The molecule has 1 aromatic heterocycles. The van der Waals surface area contributed by atoms with E-state index in [9.17, 15) is 4.39 Å². The highest BCUT2D eigenvalue weighted by Gasteiger charge is 2.26. The SMILES string of the molecule is CC(C)N1CCOc2c(F)cc(-c3nc(Nc4ccc(C5CCN(C)CC5)c(CN(C)C)c4)ncc3F)cc21. The van der Waals surface area contributed by atoms with Crippen molar-refractivity contribution in [3.05, 3.63) is 59.3 Å². The molecule has 2 aliphatic rings. The average Bonchev–Trinajstić information content (AvgIpc) is 2.90. The van der Waals surface area contributed by atoms with Crippen molar-refractivity contribution < 1.29 is 13.5 Å². The molecule has 39 heavy (non-hydrogen) atoms. The number of benzene rings is 2. The number of likely N-dealkylation sites (tertiary alicyclic amines) is 1. The van der Waals surface area contributed by atoms with Crippen LogP contribution in [0, 0.1) is 11.6 Å². The molecule has 0 radical (unpaired) electrons. The zero-order chi connectivity index (χ0) is 27.7. The van der Waals surface area contributed by atoms with Crippen molar-refractivity contribution in [2.45, 2.75) is 45.2 Å². The second kappa shape index (κ2) is 11.4. The zero-order valence-corrected chi connectivity index (χ0v) is 23.5. The van der Waals surface area contributed by atoms with E-state index in [1.807, 2.05) is 19.9 Å². The fraction of sp³-hybridized carbons (Fsp3) is 0.467. The van der Waals surface area contributed by atoms with E-state index in [1.54, 1.807) is 6.07 Å². The smallest absolute Gasteiger partial charge is 0.227 e. The maximum absolute atomic E-state index is 15.1. The molecule has 3 heterocycles. The lowest BCUT2D eigenvalue weighted by Crippen LogP contribution is -2.38. The third kappa shape index (κ3) is 5.99. The highest BCUT2D eigenvalue weighted by atomic mass is 19.1. The average molecular weight is 537 g/mol. The molecule has 0 spiro atoms. The number of halogens is 2. The summed E-state index contributed by atoms with van der Waals surface area (Å²) in [5.41, 5.74) is 4.46. The van der Waals surface area contributed by atoms with Crippen LogP contribution in [0.5, 0.6) is 5.75 Å². The molecule has 0 saturated carbocycles.